The monoisotopic (exact) mass is 470 g/mol. The highest BCUT2D eigenvalue weighted by Crippen LogP contribution is 2.42. The van der Waals surface area contributed by atoms with Gasteiger partial charge < -0.3 is 20.9 Å². The Morgan fingerprint density at radius 1 is 0.971 bits per heavy atom. The Kier molecular flexibility index (Phi) is 6.87. The van der Waals surface area contributed by atoms with Crippen molar-refractivity contribution in [2.75, 3.05) is 15.1 Å². The fourth-order valence-electron chi connectivity index (χ4n) is 4.67. The number of nitrogens with zero attached hydrogens (tertiary/aromatic N) is 2. The number of nitrogens with one attached hydrogen (secondary N) is 1. The van der Waals surface area contributed by atoms with E-state index in [4.69, 9.17) is 5.73 Å². The lowest BCUT2D eigenvalue weighted by atomic mass is 9.89. The van der Waals surface area contributed by atoms with E-state index in [1.165, 1.54) is 0 Å². The second kappa shape index (κ2) is 10.0. The molecule has 1 aliphatic rings. The van der Waals surface area contributed by atoms with Crippen LogP contribution in [0.15, 0.2) is 78.9 Å². The molecule has 3 amide bonds. The number of amides is 3. The van der Waals surface area contributed by atoms with Gasteiger partial charge in [-0.1, -0.05) is 36.4 Å². The summed E-state index contributed by atoms with van der Waals surface area (Å²) in [6.45, 7) is 5.27. The van der Waals surface area contributed by atoms with E-state index in [9.17, 15) is 14.4 Å². The number of hydrogen-bond acceptors (Lipinski definition) is 4. The van der Waals surface area contributed by atoms with Crippen molar-refractivity contribution in [1.29, 1.82) is 0 Å². The van der Waals surface area contributed by atoms with Crippen molar-refractivity contribution in [3.8, 4) is 0 Å². The van der Waals surface area contributed by atoms with E-state index in [0.29, 0.717) is 17.7 Å². The summed E-state index contributed by atoms with van der Waals surface area (Å²) in [7, 11) is 0. The fraction of sp³-hybridized carbons (Fsp3) is 0.250. The number of carbonyl (C=O) groups is 3. The van der Waals surface area contributed by atoms with Crippen LogP contribution in [0.2, 0.25) is 0 Å². The van der Waals surface area contributed by atoms with Crippen LogP contribution in [0.5, 0.6) is 0 Å². The summed E-state index contributed by atoms with van der Waals surface area (Å²) in [6, 6.07) is 23.6. The Hall–Kier alpha value is -4.13. The molecule has 0 bridgehead atoms. The molecule has 0 aliphatic carbocycles. The van der Waals surface area contributed by atoms with Gasteiger partial charge in [-0.25, -0.2) is 0 Å². The minimum absolute atomic E-state index is 0.0451. The van der Waals surface area contributed by atoms with Crippen LogP contribution < -0.4 is 20.9 Å². The first-order valence-corrected chi connectivity index (χ1v) is 11.7. The van der Waals surface area contributed by atoms with Gasteiger partial charge in [-0.3, -0.25) is 14.4 Å². The fourth-order valence-corrected chi connectivity index (χ4v) is 4.67. The molecule has 180 valence electrons. The van der Waals surface area contributed by atoms with Crippen molar-refractivity contribution in [3.05, 3.63) is 90.0 Å². The Bertz CT molecular complexity index is 1230. The molecule has 3 N–H and O–H groups in total. The molecule has 3 aromatic rings. The number of benzene rings is 3. The number of nitrogens with two attached hydrogens (primary N) is 1. The SMILES string of the molecule is CC(=O)N(c1ccccc1)C1CC(C)N(C(=O)c2ccc(NC(C)C(N)=O)cc2)c2ccccc21. The molecule has 7 nitrogen and oxygen atoms in total. The second-order valence-corrected chi connectivity index (χ2v) is 8.90. The summed E-state index contributed by atoms with van der Waals surface area (Å²) in [5.41, 5.74) is 9.13. The van der Waals surface area contributed by atoms with Gasteiger partial charge in [-0.15, -0.1) is 0 Å². The van der Waals surface area contributed by atoms with Gasteiger partial charge in [0.25, 0.3) is 5.91 Å². The lowest BCUT2D eigenvalue weighted by molar-refractivity contribution is -0.118. The lowest BCUT2D eigenvalue weighted by Crippen LogP contribution is -2.47. The van der Waals surface area contributed by atoms with Gasteiger partial charge in [-0.2, -0.15) is 0 Å². The zero-order valence-corrected chi connectivity index (χ0v) is 20.1. The number of rotatable bonds is 6. The van der Waals surface area contributed by atoms with E-state index in [-0.39, 0.29) is 23.9 Å². The molecule has 0 spiro atoms. The number of anilines is 3. The third-order valence-electron chi connectivity index (χ3n) is 6.41. The predicted molar refractivity (Wildman–Crippen MR) is 138 cm³/mol. The Balaban J connectivity index is 1.66. The third kappa shape index (κ3) is 4.89. The number of para-hydroxylation sites is 2. The van der Waals surface area contributed by atoms with E-state index >= 15 is 0 Å². The summed E-state index contributed by atoms with van der Waals surface area (Å²) < 4.78 is 0. The van der Waals surface area contributed by atoms with Gasteiger partial charge in [0, 0.05) is 35.6 Å². The van der Waals surface area contributed by atoms with E-state index in [1.807, 2.05) is 71.3 Å². The first-order chi connectivity index (χ1) is 16.8. The van der Waals surface area contributed by atoms with E-state index < -0.39 is 11.9 Å². The molecular weight excluding hydrogens is 440 g/mol. The summed E-state index contributed by atoms with van der Waals surface area (Å²) in [4.78, 5) is 41.3. The number of fused-ring (bicyclic) bond motifs is 1. The molecule has 0 saturated heterocycles. The molecule has 4 rings (SSSR count). The molecule has 3 aromatic carbocycles. The van der Waals surface area contributed by atoms with E-state index in [2.05, 4.69) is 5.32 Å². The highest BCUT2D eigenvalue weighted by Gasteiger charge is 2.38. The van der Waals surface area contributed by atoms with Crippen LogP contribution in [-0.2, 0) is 9.59 Å². The normalized spacial score (nSPS) is 17.7. The van der Waals surface area contributed by atoms with Crippen molar-refractivity contribution in [3.63, 3.8) is 0 Å². The van der Waals surface area contributed by atoms with Gasteiger partial charge in [-0.05, 0) is 68.3 Å². The lowest BCUT2D eigenvalue weighted by Gasteiger charge is -2.43. The average Bonchev–Trinajstić information content (AvgIpc) is 2.84. The maximum absolute atomic E-state index is 13.6. The second-order valence-electron chi connectivity index (χ2n) is 8.90. The molecule has 3 unspecified atom stereocenters. The maximum Gasteiger partial charge on any atom is 0.258 e. The van der Waals surface area contributed by atoms with Crippen LogP contribution in [0.1, 0.15) is 49.2 Å². The van der Waals surface area contributed by atoms with Crippen LogP contribution in [0.4, 0.5) is 17.1 Å². The van der Waals surface area contributed by atoms with Crippen molar-refractivity contribution in [1.82, 2.24) is 0 Å². The van der Waals surface area contributed by atoms with Crippen molar-refractivity contribution in [2.24, 2.45) is 5.73 Å². The zero-order chi connectivity index (χ0) is 25.1. The summed E-state index contributed by atoms with van der Waals surface area (Å²) in [5.74, 6) is -0.614. The van der Waals surface area contributed by atoms with E-state index in [1.54, 1.807) is 38.1 Å². The minimum Gasteiger partial charge on any atom is -0.374 e. The molecule has 1 heterocycles. The molecular formula is C28H30N4O3. The van der Waals surface area contributed by atoms with E-state index in [0.717, 1.165) is 16.9 Å². The van der Waals surface area contributed by atoms with Crippen LogP contribution in [-0.4, -0.2) is 29.8 Å². The smallest absolute Gasteiger partial charge is 0.258 e. The quantitative estimate of drug-likeness (QED) is 0.554. The molecule has 3 atom stereocenters. The van der Waals surface area contributed by atoms with Crippen LogP contribution in [0, 0.1) is 0 Å². The number of carbonyl (C=O) groups excluding carboxylic acids is 3. The molecule has 0 saturated carbocycles. The Morgan fingerprint density at radius 2 is 1.60 bits per heavy atom. The summed E-state index contributed by atoms with van der Waals surface area (Å²) in [5, 5.41) is 3.02. The van der Waals surface area contributed by atoms with Gasteiger partial charge in [0.15, 0.2) is 0 Å². The number of primary amides is 1. The standard InChI is InChI=1S/C28H30N4O3/c1-18-17-26(32(20(3)33)23-9-5-4-6-10-23)24-11-7-8-12-25(24)31(18)28(35)21-13-15-22(16-14-21)30-19(2)27(29)34/h4-16,18-19,26,30H,17H2,1-3H3,(H2,29,34). The third-order valence-corrected chi connectivity index (χ3v) is 6.41. The molecule has 1 aliphatic heterocycles. The Labute approximate surface area is 205 Å². The van der Waals surface area contributed by atoms with Crippen LogP contribution in [0.3, 0.4) is 0 Å². The highest BCUT2D eigenvalue weighted by atomic mass is 16.2. The maximum atomic E-state index is 13.6. The van der Waals surface area contributed by atoms with Gasteiger partial charge >= 0.3 is 0 Å². The van der Waals surface area contributed by atoms with Crippen LogP contribution in [0.25, 0.3) is 0 Å². The molecule has 0 aromatic heterocycles. The van der Waals surface area contributed by atoms with Gasteiger partial charge in [0.2, 0.25) is 11.8 Å². The van der Waals surface area contributed by atoms with Gasteiger partial charge in [0.1, 0.15) is 6.04 Å². The van der Waals surface area contributed by atoms with Gasteiger partial charge in [0.05, 0.1) is 6.04 Å². The molecule has 7 heteroatoms. The Morgan fingerprint density at radius 3 is 2.23 bits per heavy atom. The first kappa shape index (κ1) is 24.0. The topological polar surface area (TPSA) is 95.7 Å². The van der Waals surface area contributed by atoms with Crippen molar-refractivity contribution < 1.29 is 14.4 Å². The minimum atomic E-state index is -0.517. The van der Waals surface area contributed by atoms with Crippen LogP contribution >= 0.6 is 0 Å². The van der Waals surface area contributed by atoms with Crippen molar-refractivity contribution >= 4 is 34.8 Å². The first-order valence-electron chi connectivity index (χ1n) is 11.7. The summed E-state index contributed by atoms with van der Waals surface area (Å²) >= 11 is 0. The average molecular weight is 471 g/mol. The summed E-state index contributed by atoms with van der Waals surface area (Å²) in [6.07, 6.45) is 0.604. The van der Waals surface area contributed by atoms with Crippen molar-refractivity contribution in [2.45, 2.75) is 45.3 Å². The largest absolute Gasteiger partial charge is 0.374 e. The number of hydrogen-bond donors (Lipinski definition) is 2. The molecule has 0 radical (unpaired) electrons. The highest BCUT2D eigenvalue weighted by molar-refractivity contribution is 6.07. The zero-order valence-electron chi connectivity index (χ0n) is 20.1. The predicted octanol–water partition coefficient (Wildman–Crippen LogP) is 4.51. The molecule has 0 fully saturated rings. The molecule has 35 heavy (non-hydrogen) atoms.